The lowest BCUT2D eigenvalue weighted by molar-refractivity contribution is -0.130. The van der Waals surface area contributed by atoms with Crippen molar-refractivity contribution < 1.29 is 19.5 Å². The number of nitrogens with two attached hydrogens (primary N) is 2. The Bertz CT molecular complexity index is 382. The number of carbonyl (C=O) groups is 3. The van der Waals surface area contributed by atoms with Gasteiger partial charge in [0.25, 0.3) is 0 Å². The normalized spacial score (nSPS) is 25.6. The van der Waals surface area contributed by atoms with Gasteiger partial charge in [-0.3, -0.25) is 14.5 Å². The Morgan fingerprint density at radius 3 is 2.50 bits per heavy atom. The van der Waals surface area contributed by atoms with Crippen LogP contribution in [0.3, 0.4) is 0 Å². The molecule has 0 spiro atoms. The molecule has 0 bridgehead atoms. The summed E-state index contributed by atoms with van der Waals surface area (Å²) in [6, 6.07) is -0.859. The molecule has 7 heteroatoms. The van der Waals surface area contributed by atoms with Gasteiger partial charge >= 0.3 is 6.09 Å². The number of hydrogen-bond donors (Lipinski definition) is 3. The minimum atomic E-state index is -1.81. The first-order valence-corrected chi connectivity index (χ1v) is 5.79. The van der Waals surface area contributed by atoms with Gasteiger partial charge in [-0.2, -0.15) is 0 Å². The summed E-state index contributed by atoms with van der Waals surface area (Å²) >= 11 is 0. The van der Waals surface area contributed by atoms with Gasteiger partial charge in [0.2, 0.25) is 0 Å². The third kappa shape index (κ3) is 2.68. The highest BCUT2D eigenvalue weighted by atomic mass is 16.4. The molecule has 0 saturated carbocycles. The van der Waals surface area contributed by atoms with E-state index in [1.807, 2.05) is 13.8 Å². The molecular formula is C11H19N3O4. The number of rotatable bonds is 4. The topological polar surface area (TPSA) is 127 Å². The molecule has 1 heterocycles. The van der Waals surface area contributed by atoms with E-state index < -0.39 is 23.6 Å². The smallest absolute Gasteiger partial charge is 0.409 e. The fraction of sp³-hybridized carbons (Fsp3) is 0.727. The van der Waals surface area contributed by atoms with E-state index in [4.69, 9.17) is 16.6 Å². The van der Waals surface area contributed by atoms with Crippen LogP contribution < -0.4 is 11.5 Å². The zero-order valence-electron chi connectivity index (χ0n) is 10.5. The predicted molar refractivity (Wildman–Crippen MR) is 63.7 cm³/mol. The molecule has 2 unspecified atom stereocenters. The Morgan fingerprint density at radius 1 is 1.50 bits per heavy atom. The highest BCUT2D eigenvalue weighted by Crippen LogP contribution is 2.25. The fourth-order valence-corrected chi connectivity index (χ4v) is 2.16. The summed E-state index contributed by atoms with van der Waals surface area (Å²) in [4.78, 5) is 35.2. The molecule has 0 aromatic heterocycles. The number of carboxylic acid groups (broad SMARTS) is 1. The Hall–Kier alpha value is -1.47. The molecule has 1 aliphatic rings. The molecule has 0 aromatic carbocycles. The van der Waals surface area contributed by atoms with Gasteiger partial charge in [0.1, 0.15) is 0 Å². The van der Waals surface area contributed by atoms with Crippen LogP contribution >= 0.6 is 0 Å². The maximum atomic E-state index is 12.2. The van der Waals surface area contributed by atoms with Crippen LogP contribution in [-0.4, -0.2) is 45.9 Å². The molecule has 1 fully saturated rings. The Kier molecular flexibility index (Phi) is 4.08. The number of carbonyl (C=O) groups excluding carboxylic acids is 2. The first kappa shape index (κ1) is 14.6. The van der Waals surface area contributed by atoms with E-state index in [1.165, 1.54) is 0 Å². The summed E-state index contributed by atoms with van der Waals surface area (Å²) in [5.74, 6) is -0.780. The predicted octanol–water partition coefficient (Wildman–Crippen LogP) is -0.463. The van der Waals surface area contributed by atoms with Crippen molar-refractivity contribution in [3.8, 4) is 0 Å². The molecule has 7 nitrogen and oxygen atoms in total. The van der Waals surface area contributed by atoms with E-state index in [0.717, 1.165) is 0 Å². The number of amides is 1. The van der Waals surface area contributed by atoms with Crippen molar-refractivity contribution in [3.05, 3.63) is 0 Å². The molecule has 1 saturated heterocycles. The second kappa shape index (κ2) is 5.03. The first-order valence-electron chi connectivity index (χ1n) is 5.79. The van der Waals surface area contributed by atoms with Crippen LogP contribution in [0.5, 0.6) is 0 Å². The molecular weight excluding hydrogens is 238 g/mol. The van der Waals surface area contributed by atoms with Crippen LogP contribution in [0.2, 0.25) is 0 Å². The lowest BCUT2D eigenvalue weighted by atomic mass is 9.91. The standard InChI is InChI=1S/C11H19N3O4/c1-6(2)3-8(12)9(16)11(13)4-7(15)5-14(11)10(17)18/h6,8H,3-5,12-13H2,1-2H3,(H,17,18). The summed E-state index contributed by atoms with van der Waals surface area (Å²) < 4.78 is 0. The maximum absolute atomic E-state index is 12.2. The van der Waals surface area contributed by atoms with Gasteiger partial charge in [0.05, 0.1) is 19.0 Å². The highest BCUT2D eigenvalue weighted by Gasteiger charge is 2.51. The number of ketones is 2. The average Bonchev–Trinajstić information content (AvgIpc) is 2.53. The molecule has 18 heavy (non-hydrogen) atoms. The molecule has 0 radical (unpaired) electrons. The molecule has 0 aromatic rings. The third-order valence-electron chi connectivity index (χ3n) is 3.00. The summed E-state index contributed by atoms with van der Waals surface area (Å²) in [7, 11) is 0. The summed E-state index contributed by atoms with van der Waals surface area (Å²) in [5.41, 5.74) is 9.73. The zero-order chi connectivity index (χ0) is 14.1. The molecule has 2 atom stereocenters. The van der Waals surface area contributed by atoms with E-state index in [2.05, 4.69) is 0 Å². The second-order valence-corrected chi connectivity index (χ2v) is 5.11. The van der Waals surface area contributed by atoms with Crippen molar-refractivity contribution in [1.29, 1.82) is 0 Å². The van der Waals surface area contributed by atoms with Gasteiger partial charge in [-0.25, -0.2) is 4.79 Å². The van der Waals surface area contributed by atoms with E-state index in [1.54, 1.807) is 0 Å². The Morgan fingerprint density at radius 2 is 2.06 bits per heavy atom. The minimum absolute atomic E-state index is 0.183. The number of likely N-dealkylation sites (tertiary alicyclic amines) is 1. The third-order valence-corrected chi connectivity index (χ3v) is 3.00. The van der Waals surface area contributed by atoms with Crippen LogP contribution in [0.1, 0.15) is 26.7 Å². The Balaban J connectivity index is 2.93. The maximum Gasteiger partial charge on any atom is 0.409 e. The van der Waals surface area contributed by atoms with E-state index >= 15 is 0 Å². The molecule has 0 aliphatic carbocycles. The van der Waals surface area contributed by atoms with Gasteiger partial charge in [-0.15, -0.1) is 0 Å². The van der Waals surface area contributed by atoms with Crippen molar-refractivity contribution in [1.82, 2.24) is 4.90 Å². The van der Waals surface area contributed by atoms with Gasteiger partial charge in [-0.05, 0) is 12.3 Å². The van der Waals surface area contributed by atoms with E-state index in [0.29, 0.717) is 11.3 Å². The van der Waals surface area contributed by atoms with Gasteiger partial charge in [0, 0.05) is 0 Å². The van der Waals surface area contributed by atoms with Crippen LogP contribution in [0.15, 0.2) is 0 Å². The van der Waals surface area contributed by atoms with Crippen molar-refractivity contribution in [2.24, 2.45) is 17.4 Å². The quantitative estimate of drug-likeness (QED) is 0.625. The fourth-order valence-electron chi connectivity index (χ4n) is 2.16. The van der Waals surface area contributed by atoms with E-state index in [-0.39, 0.29) is 24.7 Å². The van der Waals surface area contributed by atoms with Gasteiger partial charge < -0.3 is 16.6 Å². The van der Waals surface area contributed by atoms with Crippen LogP contribution in [0.25, 0.3) is 0 Å². The van der Waals surface area contributed by atoms with Gasteiger partial charge in [0.15, 0.2) is 17.2 Å². The van der Waals surface area contributed by atoms with Crippen molar-refractivity contribution >= 4 is 17.7 Å². The second-order valence-electron chi connectivity index (χ2n) is 5.11. The zero-order valence-corrected chi connectivity index (χ0v) is 10.5. The van der Waals surface area contributed by atoms with Crippen LogP contribution in [0, 0.1) is 5.92 Å². The lowest BCUT2D eigenvalue weighted by Gasteiger charge is -2.32. The van der Waals surface area contributed by atoms with Crippen molar-refractivity contribution in [2.45, 2.75) is 38.4 Å². The highest BCUT2D eigenvalue weighted by molar-refractivity contribution is 6.03. The Labute approximate surface area is 105 Å². The van der Waals surface area contributed by atoms with Crippen LogP contribution in [0.4, 0.5) is 4.79 Å². The molecule has 102 valence electrons. The summed E-state index contributed by atoms with van der Waals surface area (Å²) in [6.45, 7) is 3.43. The monoisotopic (exact) mass is 257 g/mol. The molecule has 1 rings (SSSR count). The SMILES string of the molecule is CC(C)CC(N)C(=O)C1(N)CC(=O)CN1C(=O)O. The van der Waals surface area contributed by atoms with E-state index in [9.17, 15) is 14.4 Å². The van der Waals surface area contributed by atoms with Crippen LogP contribution in [-0.2, 0) is 9.59 Å². The summed E-state index contributed by atoms with van der Waals surface area (Å²) in [6.07, 6.45) is -1.28. The number of nitrogens with zero attached hydrogens (tertiary/aromatic N) is 1. The van der Waals surface area contributed by atoms with Gasteiger partial charge in [-0.1, -0.05) is 13.8 Å². The first-order chi connectivity index (χ1) is 8.18. The average molecular weight is 257 g/mol. The van der Waals surface area contributed by atoms with Crippen molar-refractivity contribution in [2.75, 3.05) is 6.54 Å². The minimum Gasteiger partial charge on any atom is -0.465 e. The molecule has 1 aliphatic heterocycles. The molecule has 1 amide bonds. The molecule has 5 N–H and O–H groups in total. The number of hydrogen-bond acceptors (Lipinski definition) is 5. The summed E-state index contributed by atoms with van der Waals surface area (Å²) in [5, 5.41) is 8.98. The lowest BCUT2D eigenvalue weighted by Crippen LogP contribution is -2.63. The van der Waals surface area contributed by atoms with Crippen molar-refractivity contribution in [3.63, 3.8) is 0 Å². The number of Topliss-reactive ketones (excluding diaryl/α,β-unsaturated/α-hetero) is 2. The largest absolute Gasteiger partial charge is 0.465 e.